The molecule has 3 aromatic rings. The van der Waals surface area contributed by atoms with Gasteiger partial charge < -0.3 is 9.63 Å². The number of rotatable bonds is 3. The monoisotopic (exact) mass is 288 g/mol. The number of aromatic nitrogens is 2. The lowest BCUT2D eigenvalue weighted by Crippen LogP contribution is -1.94. The predicted molar refractivity (Wildman–Crippen MR) is 70.6 cm³/mol. The minimum atomic E-state index is -0.660. The minimum Gasteiger partial charge on any atom is -0.508 e. The summed E-state index contributed by atoms with van der Waals surface area (Å²) < 4.78 is 31.4. The molecular formula is C15H10F2N2O2. The van der Waals surface area contributed by atoms with Gasteiger partial charge in [-0.05, 0) is 23.8 Å². The summed E-state index contributed by atoms with van der Waals surface area (Å²) in [6, 6.07) is 9.70. The fourth-order valence-electron chi connectivity index (χ4n) is 1.92. The molecule has 21 heavy (non-hydrogen) atoms. The first-order chi connectivity index (χ1) is 10.1. The van der Waals surface area contributed by atoms with Gasteiger partial charge in [0.2, 0.25) is 11.7 Å². The molecule has 3 rings (SSSR count). The molecule has 0 aliphatic carbocycles. The molecule has 0 spiro atoms. The lowest BCUT2D eigenvalue weighted by atomic mass is 10.1. The van der Waals surface area contributed by atoms with Crippen molar-refractivity contribution in [3.63, 3.8) is 0 Å². The third-order valence-corrected chi connectivity index (χ3v) is 2.93. The van der Waals surface area contributed by atoms with Crippen LogP contribution in [0, 0.1) is 11.6 Å². The minimum absolute atomic E-state index is 0.0674. The molecule has 2 aromatic carbocycles. The van der Waals surface area contributed by atoms with Gasteiger partial charge in [-0.3, -0.25) is 0 Å². The van der Waals surface area contributed by atoms with Gasteiger partial charge in [-0.15, -0.1) is 0 Å². The van der Waals surface area contributed by atoms with Crippen molar-refractivity contribution in [2.75, 3.05) is 0 Å². The molecule has 1 heterocycles. The zero-order valence-electron chi connectivity index (χ0n) is 10.8. The number of hydrogen-bond acceptors (Lipinski definition) is 4. The number of nitrogens with zero attached hydrogens (tertiary/aromatic N) is 2. The zero-order valence-corrected chi connectivity index (χ0v) is 10.8. The standard InChI is InChI=1S/C15H10F2N2O2/c16-11-5-4-9(13(17)8-11)7-14-18-15(19-21-14)10-2-1-3-12(20)6-10/h1-6,8,20H,7H2. The first-order valence-electron chi connectivity index (χ1n) is 6.18. The number of aromatic hydroxyl groups is 1. The predicted octanol–water partition coefficient (Wildman–Crippen LogP) is 3.31. The van der Waals surface area contributed by atoms with Crippen molar-refractivity contribution >= 4 is 0 Å². The summed E-state index contributed by atoms with van der Waals surface area (Å²) >= 11 is 0. The fraction of sp³-hybridized carbons (Fsp3) is 0.0667. The van der Waals surface area contributed by atoms with Crippen LogP contribution in [0.2, 0.25) is 0 Å². The van der Waals surface area contributed by atoms with Crippen LogP contribution in [0.25, 0.3) is 11.4 Å². The van der Waals surface area contributed by atoms with Crippen molar-refractivity contribution in [2.45, 2.75) is 6.42 Å². The Morgan fingerprint density at radius 3 is 2.71 bits per heavy atom. The summed E-state index contributed by atoms with van der Waals surface area (Å²) in [6.07, 6.45) is 0.0674. The highest BCUT2D eigenvalue weighted by atomic mass is 19.1. The molecule has 0 amide bonds. The van der Waals surface area contributed by atoms with Crippen molar-refractivity contribution in [3.05, 3.63) is 65.6 Å². The first kappa shape index (κ1) is 13.2. The molecule has 4 nitrogen and oxygen atoms in total. The maximum absolute atomic E-state index is 13.6. The van der Waals surface area contributed by atoms with Crippen molar-refractivity contribution in [3.8, 4) is 17.1 Å². The smallest absolute Gasteiger partial charge is 0.231 e. The van der Waals surface area contributed by atoms with Crippen LogP contribution in [0.15, 0.2) is 47.0 Å². The second-order valence-electron chi connectivity index (χ2n) is 4.47. The van der Waals surface area contributed by atoms with Gasteiger partial charge in [0, 0.05) is 11.6 Å². The Balaban J connectivity index is 1.85. The van der Waals surface area contributed by atoms with Crippen molar-refractivity contribution in [1.29, 1.82) is 0 Å². The molecule has 0 bridgehead atoms. The molecule has 0 unspecified atom stereocenters. The maximum atomic E-state index is 13.6. The normalized spacial score (nSPS) is 10.8. The average Bonchev–Trinajstić information content (AvgIpc) is 2.91. The van der Waals surface area contributed by atoms with Gasteiger partial charge in [-0.25, -0.2) is 8.78 Å². The summed E-state index contributed by atoms with van der Waals surface area (Å²) in [4.78, 5) is 4.13. The highest BCUT2D eigenvalue weighted by molar-refractivity contribution is 5.56. The van der Waals surface area contributed by atoms with E-state index in [1.54, 1.807) is 12.1 Å². The van der Waals surface area contributed by atoms with Crippen molar-refractivity contribution < 1.29 is 18.4 Å². The summed E-state index contributed by atoms with van der Waals surface area (Å²) in [6.45, 7) is 0. The van der Waals surface area contributed by atoms with Gasteiger partial charge in [0.1, 0.15) is 17.4 Å². The molecule has 0 atom stereocenters. The second-order valence-corrected chi connectivity index (χ2v) is 4.47. The molecule has 106 valence electrons. The largest absolute Gasteiger partial charge is 0.508 e. The number of hydrogen-bond donors (Lipinski definition) is 1. The van der Waals surface area contributed by atoms with Crippen LogP contribution in [0.1, 0.15) is 11.5 Å². The maximum Gasteiger partial charge on any atom is 0.231 e. The molecule has 0 radical (unpaired) electrons. The van der Waals surface area contributed by atoms with E-state index in [1.807, 2.05) is 0 Å². The van der Waals surface area contributed by atoms with Gasteiger partial charge in [0.05, 0.1) is 6.42 Å². The van der Waals surface area contributed by atoms with E-state index in [2.05, 4.69) is 10.1 Å². The van der Waals surface area contributed by atoms with Crippen LogP contribution in [0.5, 0.6) is 5.75 Å². The quantitative estimate of drug-likeness (QED) is 0.803. The molecule has 0 aliphatic heterocycles. The first-order valence-corrected chi connectivity index (χ1v) is 6.18. The molecule has 0 saturated heterocycles. The van der Waals surface area contributed by atoms with E-state index in [9.17, 15) is 13.9 Å². The van der Waals surface area contributed by atoms with Crippen LogP contribution < -0.4 is 0 Å². The second kappa shape index (κ2) is 5.32. The Morgan fingerprint density at radius 1 is 1.10 bits per heavy atom. The number of phenols is 1. The third kappa shape index (κ3) is 2.89. The molecule has 6 heteroatoms. The van der Waals surface area contributed by atoms with E-state index in [1.165, 1.54) is 24.3 Å². The van der Waals surface area contributed by atoms with E-state index in [-0.39, 0.29) is 23.6 Å². The summed E-state index contributed by atoms with van der Waals surface area (Å²) in [7, 11) is 0. The molecule has 1 aromatic heterocycles. The van der Waals surface area contributed by atoms with E-state index >= 15 is 0 Å². The molecule has 0 aliphatic rings. The lowest BCUT2D eigenvalue weighted by molar-refractivity contribution is 0.384. The SMILES string of the molecule is Oc1cccc(-c2noc(Cc3ccc(F)cc3F)n2)c1. The molecule has 0 saturated carbocycles. The summed E-state index contributed by atoms with van der Waals surface area (Å²) in [5.74, 6) is -0.708. The van der Waals surface area contributed by atoms with Crippen molar-refractivity contribution in [1.82, 2.24) is 10.1 Å². The van der Waals surface area contributed by atoms with Gasteiger partial charge in [-0.1, -0.05) is 23.4 Å². The lowest BCUT2D eigenvalue weighted by Gasteiger charge is -1.99. The third-order valence-electron chi connectivity index (χ3n) is 2.93. The Hall–Kier alpha value is -2.76. The van der Waals surface area contributed by atoms with Gasteiger partial charge in [-0.2, -0.15) is 4.98 Å². The van der Waals surface area contributed by atoms with Crippen LogP contribution >= 0.6 is 0 Å². The van der Waals surface area contributed by atoms with Crippen LogP contribution in [-0.2, 0) is 6.42 Å². The van der Waals surface area contributed by atoms with Crippen LogP contribution in [0.4, 0.5) is 8.78 Å². The van der Waals surface area contributed by atoms with Gasteiger partial charge >= 0.3 is 0 Å². The number of halogens is 2. The number of phenolic OH excluding ortho intramolecular Hbond substituents is 1. The zero-order chi connectivity index (χ0) is 14.8. The average molecular weight is 288 g/mol. The Bertz CT molecular complexity index is 787. The highest BCUT2D eigenvalue weighted by Crippen LogP contribution is 2.21. The molecular weight excluding hydrogens is 278 g/mol. The van der Waals surface area contributed by atoms with Gasteiger partial charge in [0.25, 0.3) is 0 Å². The van der Waals surface area contributed by atoms with Gasteiger partial charge in [0.15, 0.2) is 0 Å². The van der Waals surface area contributed by atoms with Crippen LogP contribution in [0.3, 0.4) is 0 Å². The van der Waals surface area contributed by atoms with E-state index < -0.39 is 11.6 Å². The molecule has 0 fully saturated rings. The van der Waals surface area contributed by atoms with E-state index in [0.29, 0.717) is 11.4 Å². The van der Waals surface area contributed by atoms with Crippen LogP contribution in [-0.4, -0.2) is 15.2 Å². The Kier molecular flexibility index (Phi) is 3.35. The Labute approximate surface area is 118 Å². The van der Waals surface area contributed by atoms with E-state index in [4.69, 9.17) is 4.52 Å². The fourth-order valence-corrected chi connectivity index (χ4v) is 1.92. The van der Waals surface area contributed by atoms with Crippen molar-refractivity contribution in [2.24, 2.45) is 0 Å². The molecule has 1 N–H and O–H groups in total. The summed E-state index contributed by atoms with van der Waals surface area (Å²) in [5, 5.41) is 13.2. The number of benzene rings is 2. The topological polar surface area (TPSA) is 59.2 Å². The highest BCUT2D eigenvalue weighted by Gasteiger charge is 2.12. The Morgan fingerprint density at radius 2 is 1.95 bits per heavy atom. The van der Waals surface area contributed by atoms with E-state index in [0.717, 1.165) is 6.07 Å². The summed E-state index contributed by atoms with van der Waals surface area (Å²) in [5.41, 5.74) is 0.854.